The summed E-state index contributed by atoms with van der Waals surface area (Å²) in [5.41, 5.74) is 4.11. The smallest absolute Gasteiger partial charge is 0.0719 e. The van der Waals surface area contributed by atoms with Crippen molar-refractivity contribution in [1.29, 1.82) is 0 Å². The molecule has 0 aliphatic rings. The molecular formula is C17H22N2O. The number of benzene rings is 1. The monoisotopic (exact) mass is 270 g/mol. The summed E-state index contributed by atoms with van der Waals surface area (Å²) < 4.78 is 0. The van der Waals surface area contributed by atoms with Gasteiger partial charge in [-0.05, 0) is 38.3 Å². The maximum atomic E-state index is 9.44. The van der Waals surface area contributed by atoms with E-state index in [-0.39, 0.29) is 6.61 Å². The van der Waals surface area contributed by atoms with Crippen molar-refractivity contribution in [2.24, 2.45) is 0 Å². The van der Waals surface area contributed by atoms with Crippen molar-refractivity contribution in [2.75, 3.05) is 5.32 Å². The Morgan fingerprint density at radius 2 is 1.95 bits per heavy atom. The normalized spacial score (nSPS) is 12.2. The number of nitrogens with zero attached hydrogens (tertiary/aromatic N) is 1. The molecule has 0 amide bonds. The number of pyridine rings is 1. The highest BCUT2D eigenvalue weighted by atomic mass is 16.3. The van der Waals surface area contributed by atoms with Crippen LogP contribution in [0.3, 0.4) is 0 Å². The highest BCUT2D eigenvalue weighted by Gasteiger charge is 2.08. The van der Waals surface area contributed by atoms with Crippen molar-refractivity contribution in [2.45, 2.75) is 39.3 Å². The van der Waals surface area contributed by atoms with Crippen molar-refractivity contribution in [3.63, 3.8) is 0 Å². The van der Waals surface area contributed by atoms with Gasteiger partial charge in [-0.15, -0.1) is 0 Å². The van der Waals surface area contributed by atoms with E-state index in [0.717, 1.165) is 29.8 Å². The third-order valence-electron chi connectivity index (χ3n) is 3.54. The average molecular weight is 270 g/mol. The number of rotatable bonds is 6. The van der Waals surface area contributed by atoms with E-state index in [1.54, 1.807) is 6.20 Å². The highest BCUT2D eigenvalue weighted by molar-refractivity contribution is 5.52. The van der Waals surface area contributed by atoms with Crippen LogP contribution in [0.5, 0.6) is 0 Å². The lowest BCUT2D eigenvalue weighted by Gasteiger charge is -2.18. The van der Waals surface area contributed by atoms with E-state index >= 15 is 0 Å². The molecule has 0 fully saturated rings. The van der Waals surface area contributed by atoms with E-state index in [9.17, 15) is 5.11 Å². The molecule has 0 aliphatic carbocycles. The van der Waals surface area contributed by atoms with Crippen molar-refractivity contribution in [1.82, 2.24) is 4.98 Å². The third-order valence-corrected chi connectivity index (χ3v) is 3.54. The van der Waals surface area contributed by atoms with E-state index in [0.29, 0.717) is 6.04 Å². The van der Waals surface area contributed by atoms with Crippen LogP contribution < -0.4 is 5.32 Å². The Morgan fingerprint density at radius 1 is 1.20 bits per heavy atom. The van der Waals surface area contributed by atoms with Gasteiger partial charge in [0.1, 0.15) is 0 Å². The van der Waals surface area contributed by atoms with Crippen LogP contribution in [0.1, 0.15) is 30.2 Å². The SMILES string of the molecule is Cc1nccc(NC(C)CCc2ccccc2)c1CO. The molecule has 2 rings (SSSR count). The number of nitrogens with one attached hydrogen (secondary N) is 1. The number of hydrogen-bond acceptors (Lipinski definition) is 3. The highest BCUT2D eigenvalue weighted by Crippen LogP contribution is 2.19. The van der Waals surface area contributed by atoms with Crippen LogP contribution in [0.4, 0.5) is 5.69 Å². The second-order valence-electron chi connectivity index (χ2n) is 5.15. The topological polar surface area (TPSA) is 45.2 Å². The molecule has 1 heterocycles. The minimum Gasteiger partial charge on any atom is -0.392 e. The molecule has 0 bridgehead atoms. The lowest BCUT2D eigenvalue weighted by atomic mass is 10.1. The zero-order valence-corrected chi connectivity index (χ0v) is 12.1. The second-order valence-corrected chi connectivity index (χ2v) is 5.15. The fourth-order valence-corrected chi connectivity index (χ4v) is 2.30. The van der Waals surface area contributed by atoms with Gasteiger partial charge in [0.2, 0.25) is 0 Å². The fraction of sp³-hybridized carbons (Fsp3) is 0.353. The van der Waals surface area contributed by atoms with Crippen LogP contribution >= 0.6 is 0 Å². The van der Waals surface area contributed by atoms with Crippen LogP contribution in [-0.2, 0) is 13.0 Å². The van der Waals surface area contributed by atoms with Gasteiger partial charge in [0.25, 0.3) is 0 Å². The Kier molecular flexibility index (Phi) is 5.13. The molecule has 3 heteroatoms. The van der Waals surface area contributed by atoms with Gasteiger partial charge < -0.3 is 10.4 Å². The first-order valence-electron chi connectivity index (χ1n) is 7.06. The van der Waals surface area contributed by atoms with Gasteiger partial charge in [0.05, 0.1) is 6.61 Å². The summed E-state index contributed by atoms with van der Waals surface area (Å²) in [6, 6.07) is 12.8. The summed E-state index contributed by atoms with van der Waals surface area (Å²) >= 11 is 0. The predicted molar refractivity (Wildman–Crippen MR) is 82.7 cm³/mol. The van der Waals surface area contributed by atoms with Gasteiger partial charge in [-0.25, -0.2) is 0 Å². The molecular weight excluding hydrogens is 248 g/mol. The lowest BCUT2D eigenvalue weighted by Crippen LogP contribution is -2.17. The first-order chi connectivity index (χ1) is 9.70. The van der Waals surface area contributed by atoms with Gasteiger partial charge in [0.15, 0.2) is 0 Å². The van der Waals surface area contributed by atoms with E-state index in [1.165, 1.54) is 5.56 Å². The van der Waals surface area contributed by atoms with Crippen LogP contribution in [0.2, 0.25) is 0 Å². The fourth-order valence-electron chi connectivity index (χ4n) is 2.30. The molecule has 1 unspecified atom stereocenters. The molecule has 0 saturated carbocycles. The largest absolute Gasteiger partial charge is 0.392 e. The van der Waals surface area contributed by atoms with Gasteiger partial charge >= 0.3 is 0 Å². The number of aliphatic hydroxyl groups is 1. The van der Waals surface area contributed by atoms with Gasteiger partial charge in [-0.2, -0.15) is 0 Å². The van der Waals surface area contributed by atoms with Gasteiger partial charge in [-0.1, -0.05) is 30.3 Å². The molecule has 2 N–H and O–H groups in total. The quantitative estimate of drug-likeness (QED) is 0.846. The summed E-state index contributed by atoms with van der Waals surface area (Å²) in [7, 11) is 0. The molecule has 0 aliphatic heterocycles. The third kappa shape index (κ3) is 3.81. The summed E-state index contributed by atoms with van der Waals surface area (Å²) in [4.78, 5) is 4.21. The second kappa shape index (κ2) is 7.06. The van der Waals surface area contributed by atoms with Gasteiger partial charge in [-0.3, -0.25) is 4.98 Å². The van der Waals surface area contributed by atoms with Crippen LogP contribution in [0.25, 0.3) is 0 Å². The molecule has 0 spiro atoms. The standard InChI is InChI=1S/C17H22N2O/c1-13(8-9-15-6-4-3-5-7-15)19-17-10-11-18-14(2)16(17)12-20/h3-7,10-11,13,20H,8-9,12H2,1-2H3,(H,18,19). The number of aromatic nitrogens is 1. The van der Waals surface area contributed by atoms with Crippen molar-refractivity contribution in [3.05, 3.63) is 59.4 Å². The Bertz CT molecular complexity index is 540. The van der Waals surface area contributed by atoms with E-state index in [4.69, 9.17) is 0 Å². The minimum absolute atomic E-state index is 0.0212. The zero-order chi connectivity index (χ0) is 14.4. The molecule has 0 saturated heterocycles. The summed E-state index contributed by atoms with van der Waals surface area (Å²) in [5.74, 6) is 0. The van der Waals surface area contributed by atoms with Crippen molar-refractivity contribution >= 4 is 5.69 Å². The first-order valence-corrected chi connectivity index (χ1v) is 7.06. The first kappa shape index (κ1) is 14.5. The molecule has 1 aromatic heterocycles. The zero-order valence-electron chi connectivity index (χ0n) is 12.1. The summed E-state index contributed by atoms with van der Waals surface area (Å²) in [6.45, 7) is 4.11. The number of aryl methyl sites for hydroxylation is 2. The average Bonchev–Trinajstić information content (AvgIpc) is 2.46. The molecule has 20 heavy (non-hydrogen) atoms. The number of anilines is 1. The molecule has 3 nitrogen and oxygen atoms in total. The van der Waals surface area contributed by atoms with E-state index < -0.39 is 0 Å². The Morgan fingerprint density at radius 3 is 2.65 bits per heavy atom. The molecule has 1 atom stereocenters. The van der Waals surface area contributed by atoms with Crippen molar-refractivity contribution in [3.8, 4) is 0 Å². The van der Waals surface area contributed by atoms with Crippen molar-refractivity contribution < 1.29 is 5.11 Å². The Hall–Kier alpha value is -1.87. The molecule has 2 aromatic rings. The lowest BCUT2D eigenvalue weighted by molar-refractivity contribution is 0.281. The summed E-state index contributed by atoms with van der Waals surface area (Å²) in [5, 5.41) is 12.9. The predicted octanol–water partition coefficient (Wildman–Crippen LogP) is 3.32. The van der Waals surface area contributed by atoms with Crippen LogP contribution in [0, 0.1) is 6.92 Å². The Balaban J connectivity index is 1.95. The molecule has 0 radical (unpaired) electrons. The maximum Gasteiger partial charge on any atom is 0.0719 e. The number of hydrogen-bond donors (Lipinski definition) is 2. The summed E-state index contributed by atoms with van der Waals surface area (Å²) in [6.07, 6.45) is 3.88. The maximum absolute atomic E-state index is 9.44. The van der Waals surface area contributed by atoms with Gasteiger partial charge in [0, 0.05) is 29.2 Å². The van der Waals surface area contributed by atoms with E-state index in [2.05, 4.69) is 41.5 Å². The number of aliphatic hydroxyl groups excluding tert-OH is 1. The van der Waals surface area contributed by atoms with Crippen LogP contribution in [-0.4, -0.2) is 16.1 Å². The Labute approximate surface area is 120 Å². The molecule has 1 aromatic carbocycles. The molecule has 106 valence electrons. The van der Waals surface area contributed by atoms with Crippen LogP contribution in [0.15, 0.2) is 42.6 Å². The van der Waals surface area contributed by atoms with E-state index in [1.807, 2.05) is 19.1 Å². The minimum atomic E-state index is 0.0212.